The Hall–Kier alpha value is -2.70. The second kappa shape index (κ2) is 6.79. The van der Waals surface area contributed by atoms with Crippen molar-refractivity contribution < 1.29 is 4.79 Å². The Morgan fingerprint density at radius 3 is 2.70 bits per heavy atom. The fourth-order valence-corrected chi connectivity index (χ4v) is 3.83. The molecule has 0 spiro atoms. The molecule has 27 heavy (non-hydrogen) atoms. The molecule has 0 radical (unpaired) electrons. The monoisotopic (exact) mass is 364 g/mol. The summed E-state index contributed by atoms with van der Waals surface area (Å²) in [4.78, 5) is 31.9. The number of carbonyl (C=O) groups excluding carboxylic acids is 1. The van der Waals surface area contributed by atoms with Gasteiger partial charge in [0.1, 0.15) is 0 Å². The second-order valence-electron chi connectivity index (χ2n) is 7.57. The Labute approximate surface area is 157 Å². The van der Waals surface area contributed by atoms with E-state index >= 15 is 0 Å². The first-order valence-corrected chi connectivity index (χ1v) is 9.16. The van der Waals surface area contributed by atoms with Gasteiger partial charge >= 0.3 is 0 Å². The molecule has 0 saturated carbocycles. The third-order valence-electron chi connectivity index (χ3n) is 5.19. The van der Waals surface area contributed by atoms with Crippen LogP contribution in [0.1, 0.15) is 11.1 Å². The summed E-state index contributed by atoms with van der Waals surface area (Å²) in [5, 5.41) is 5.86. The Kier molecular flexibility index (Phi) is 4.45. The number of anilines is 1. The zero-order valence-electron chi connectivity index (χ0n) is 15.9. The van der Waals surface area contributed by atoms with Crippen molar-refractivity contribution in [3.05, 3.63) is 51.8 Å². The number of rotatable bonds is 6. The average molecular weight is 364 g/mol. The number of hydrogen-bond acceptors (Lipinski definition) is 4. The number of H-pyrrole nitrogens is 1. The van der Waals surface area contributed by atoms with E-state index in [1.165, 1.54) is 0 Å². The minimum atomic E-state index is -0.0634. The van der Waals surface area contributed by atoms with Gasteiger partial charge in [-0.3, -0.25) is 14.5 Å². The summed E-state index contributed by atoms with van der Waals surface area (Å²) in [5.74, 6) is -0.0246. The molecule has 0 atom stereocenters. The third-order valence-corrected chi connectivity index (χ3v) is 5.19. The zero-order valence-corrected chi connectivity index (χ0v) is 15.9. The molecule has 1 aliphatic rings. The number of nitrogens with zero attached hydrogens (tertiary/aromatic N) is 2. The molecule has 0 fully saturated rings. The average Bonchev–Trinajstić information content (AvgIpc) is 3.01. The van der Waals surface area contributed by atoms with E-state index in [0.29, 0.717) is 11.9 Å². The number of hydrogen-bond donors (Lipinski definition) is 2. The summed E-state index contributed by atoms with van der Waals surface area (Å²) in [5.41, 5.74) is 3.82. The Morgan fingerprint density at radius 1 is 1.11 bits per heavy atom. The first-order chi connectivity index (χ1) is 12.9. The molecule has 2 aromatic carbocycles. The van der Waals surface area contributed by atoms with Crippen LogP contribution < -0.4 is 10.9 Å². The van der Waals surface area contributed by atoms with Crippen molar-refractivity contribution in [2.24, 2.45) is 0 Å². The van der Waals surface area contributed by atoms with Crippen molar-refractivity contribution in [2.45, 2.75) is 6.42 Å². The van der Waals surface area contributed by atoms with Crippen LogP contribution in [0.3, 0.4) is 0 Å². The fourth-order valence-electron chi connectivity index (χ4n) is 3.83. The molecule has 0 aliphatic heterocycles. The summed E-state index contributed by atoms with van der Waals surface area (Å²) >= 11 is 0. The number of aromatic nitrogens is 1. The summed E-state index contributed by atoms with van der Waals surface area (Å²) in [6.07, 6.45) is 0.730. The predicted molar refractivity (Wildman–Crippen MR) is 110 cm³/mol. The Balaban J connectivity index is 1.63. The van der Waals surface area contributed by atoms with E-state index in [9.17, 15) is 9.59 Å². The molecular formula is C21H24N4O2. The molecular weight excluding hydrogens is 340 g/mol. The molecule has 0 bridgehead atoms. The largest absolute Gasteiger partial charge is 0.325 e. The predicted octanol–water partition coefficient (Wildman–Crippen LogP) is 2.02. The van der Waals surface area contributed by atoms with Gasteiger partial charge in [0, 0.05) is 46.9 Å². The van der Waals surface area contributed by atoms with Gasteiger partial charge in [-0.1, -0.05) is 12.1 Å². The highest BCUT2D eigenvalue weighted by Gasteiger charge is 2.22. The number of carbonyl (C=O) groups is 1. The van der Waals surface area contributed by atoms with Crippen LogP contribution in [-0.4, -0.2) is 61.5 Å². The topological polar surface area (TPSA) is 68.4 Å². The van der Waals surface area contributed by atoms with Crippen LogP contribution in [0, 0.1) is 0 Å². The molecule has 6 nitrogen and oxygen atoms in total. The molecule has 3 aromatic rings. The van der Waals surface area contributed by atoms with Gasteiger partial charge in [0.15, 0.2) is 0 Å². The molecule has 1 aromatic heterocycles. The number of aromatic amines is 1. The maximum atomic E-state index is 12.5. The lowest BCUT2D eigenvalue weighted by Crippen LogP contribution is -2.35. The van der Waals surface area contributed by atoms with Crippen molar-refractivity contribution in [2.75, 3.05) is 46.1 Å². The van der Waals surface area contributed by atoms with Crippen LogP contribution in [0.4, 0.5) is 5.69 Å². The van der Waals surface area contributed by atoms with Gasteiger partial charge in [0.2, 0.25) is 5.91 Å². The van der Waals surface area contributed by atoms with Crippen molar-refractivity contribution in [1.82, 2.24) is 14.8 Å². The molecule has 140 valence electrons. The first kappa shape index (κ1) is 17.7. The van der Waals surface area contributed by atoms with Crippen LogP contribution in [0.5, 0.6) is 0 Å². The minimum Gasteiger partial charge on any atom is -0.325 e. The van der Waals surface area contributed by atoms with E-state index in [-0.39, 0.29) is 11.5 Å². The molecule has 6 heteroatoms. The van der Waals surface area contributed by atoms with Gasteiger partial charge in [0.25, 0.3) is 5.56 Å². The number of amides is 1. The Morgan fingerprint density at radius 2 is 1.93 bits per heavy atom. The van der Waals surface area contributed by atoms with E-state index < -0.39 is 0 Å². The van der Waals surface area contributed by atoms with E-state index in [2.05, 4.69) is 21.3 Å². The van der Waals surface area contributed by atoms with Crippen LogP contribution in [0.25, 0.3) is 21.7 Å². The van der Waals surface area contributed by atoms with Crippen molar-refractivity contribution in [3.8, 4) is 0 Å². The maximum absolute atomic E-state index is 12.5. The van der Waals surface area contributed by atoms with Gasteiger partial charge in [-0.25, -0.2) is 0 Å². The smallest absolute Gasteiger partial charge is 0.256 e. The summed E-state index contributed by atoms with van der Waals surface area (Å²) in [6, 6.07) is 9.61. The van der Waals surface area contributed by atoms with Crippen molar-refractivity contribution in [3.63, 3.8) is 0 Å². The van der Waals surface area contributed by atoms with Crippen LogP contribution in [-0.2, 0) is 11.2 Å². The highest BCUT2D eigenvalue weighted by atomic mass is 16.2. The number of nitrogens with one attached hydrogen (secondary N) is 2. The van der Waals surface area contributed by atoms with Gasteiger partial charge in [-0.15, -0.1) is 0 Å². The lowest BCUT2D eigenvalue weighted by molar-refractivity contribution is -0.117. The molecule has 0 saturated heterocycles. The molecule has 2 N–H and O–H groups in total. The maximum Gasteiger partial charge on any atom is 0.256 e. The van der Waals surface area contributed by atoms with Gasteiger partial charge in [-0.05, 0) is 50.5 Å². The number of benzene rings is 2. The van der Waals surface area contributed by atoms with Crippen molar-refractivity contribution >= 4 is 33.3 Å². The lowest BCUT2D eigenvalue weighted by atomic mass is 10.1. The second-order valence-corrected chi connectivity index (χ2v) is 7.57. The lowest BCUT2D eigenvalue weighted by Gasteiger charge is -2.19. The molecule has 1 aliphatic carbocycles. The Bertz CT molecular complexity index is 1100. The quantitative estimate of drug-likeness (QED) is 0.514. The van der Waals surface area contributed by atoms with E-state index in [1.807, 2.05) is 50.3 Å². The van der Waals surface area contributed by atoms with Crippen LogP contribution >= 0.6 is 0 Å². The zero-order chi connectivity index (χ0) is 19.1. The van der Waals surface area contributed by atoms with Crippen molar-refractivity contribution in [1.29, 1.82) is 0 Å². The van der Waals surface area contributed by atoms with Gasteiger partial charge < -0.3 is 15.2 Å². The van der Waals surface area contributed by atoms with E-state index in [1.54, 1.807) is 0 Å². The first-order valence-electron chi connectivity index (χ1n) is 9.16. The normalized spacial score (nSPS) is 12.8. The summed E-state index contributed by atoms with van der Waals surface area (Å²) in [7, 11) is 5.99. The number of likely N-dealkylation sites (N-methyl/N-ethyl adjacent to an activating group) is 2. The highest BCUT2D eigenvalue weighted by Crippen LogP contribution is 2.39. The molecule has 1 heterocycles. The van der Waals surface area contributed by atoms with Gasteiger partial charge in [-0.2, -0.15) is 0 Å². The standard InChI is InChI=1S/C21H24N4O2/c1-24(2)9-10-25(3)12-18(26)22-16-7-8-17-20-15(16)11-13-5-4-6-14(19(13)20)21(27)23-17/h4-8H,9-12H2,1-3H3,(H,22,26)(H,23,27). The fraction of sp³-hybridized carbons (Fsp3) is 0.333. The summed E-state index contributed by atoms with van der Waals surface area (Å²) < 4.78 is 0. The summed E-state index contributed by atoms with van der Waals surface area (Å²) in [6.45, 7) is 2.09. The van der Waals surface area contributed by atoms with Crippen LogP contribution in [0.2, 0.25) is 0 Å². The van der Waals surface area contributed by atoms with Crippen LogP contribution in [0.15, 0.2) is 35.1 Å². The van der Waals surface area contributed by atoms with E-state index in [4.69, 9.17) is 0 Å². The van der Waals surface area contributed by atoms with E-state index in [0.717, 1.165) is 52.6 Å². The molecule has 1 amide bonds. The SMILES string of the molecule is CN(C)CCN(C)CC(=O)Nc1ccc2[nH]c(=O)c3cccc4c3c2c1C4. The molecule has 0 unspecified atom stereocenters. The van der Waals surface area contributed by atoms with Gasteiger partial charge in [0.05, 0.1) is 6.54 Å². The molecule has 4 rings (SSSR count). The number of pyridine rings is 1. The minimum absolute atomic E-state index is 0.0246. The third kappa shape index (κ3) is 3.22. The highest BCUT2D eigenvalue weighted by molar-refractivity contribution is 6.14.